The number of anilines is 1. The summed E-state index contributed by atoms with van der Waals surface area (Å²) in [6, 6.07) is 17.0. The number of fused-ring (bicyclic) bond motifs is 4. The van der Waals surface area contributed by atoms with Gasteiger partial charge in [0, 0.05) is 29.2 Å². The van der Waals surface area contributed by atoms with E-state index >= 15 is 0 Å². The molecular weight excluding hydrogens is 368 g/mol. The summed E-state index contributed by atoms with van der Waals surface area (Å²) >= 11 is 1.54. The van der Waals surface area contributed by atoms with Gasteiger partial charge in [-0.1, -0.05) is 48.5 Å². The highest BCUT2D eigenvalue weighted by atomic mass is 32.1. The number of hydrogen-bond acceptors (Lipinski definition) is 6. The van der Waals surface area contributed by atoms with Gasteiger partial charge < -0.3 is 4.90 Å². The van der Waals surface area contributed by atoms with Crippen LogP contribution in [0.25, 0.3) is 27.9 Å². The Labute approximate surface area is 165 Å². The van der Waals surface area contributed by atoms with Crippen molar-refractivity contribution in [2.75, 3.05) is 11.4 Å². The zero-order valence-corrected chi connectivity index (χ0v) is 15.8. The summed E-state index contributed by atoms with van der Waals surface area (Å²) in [5.74, 6) is 1.65. The predicted molar refractivity (Wildman–Crippen MR) is 111 cm³/mol. The highest BCUT2D eigenvalue weighted by molar-refractivity contribution is 7.07. The van der Waals surface area contributed by atoms with E-state index in [0.717, 1.165) is 47.4 Å². The molecule has 0 fully saturated rings. The molecule has 6 nitrogen and oxygen atoms in total. The summed E-state index contributed by atoms with van der Waals surface area (Å²) in [5, 5.41) is 17.9. The van der Waals surface area contributed by atoms with Crippen LogP contribution >= 0.6 is 11.3 Å². The third-order valence-electron chi connectivity index (χ3n) is 5.34. The first-order valence-corrected chi connectivity index (χ1v) is 10.2. The molecule has 0 bridgehead atoms. The Balaban J connectivity index is 1.58. The molecule has 0 N–H and O–H groups in total. The summed E-state index contributed by atoms with van der Waals surface area (Å²) in [6.45, 7) is 1.79. The topological polar surface area (TPSA) is 59.2 Å². The molecule has 4 heterocycles. The molecule has 0 radical (unpaired) electrons. The summed E-state index contributed by atoms with van der Waals surface area (Å²) < 4.78 is 1.84. The van der Waals surface area contributed by atoms with Crippen molar-refractivity contribution in [3.05, 3.63) is 70.5 Å². The van der Waals surface area contributed by atoms with Gasteiger partial charge in [0.25, 0.3) is 0 Å². The third-order valence-corrected chi connectivity index (χ3v) is 5.92. The van der Waals surface area contributed by atoms with Gasteiger partial charge in [0.05, 0.1) is 5.51 Å². The van der Waals surface area contributed by atoms with Gasteiger partial charge in [-0.25, -0.2) is 4.98 Å². The fourth-order valence-electron chi connectivity index (χ4n) is 3.96. The fraction of sp³-hybridized carbons (Fsp3) is 0.143. The fourth-order valence-corrected chi connectivity index (χ4v) is 4.49. The van der Waals surface area contributed by atoms with E-state index in [4.69, 9.17) is 5.10 Å². The average Bonchev–Trinajstić information content (AvgIpc) is 3.42. The number of nitrogens with zero attached hydrogens (tertiary/aromatic N) is 6. The summed E-state index contributed by atoms with van der Waals surface area (Å²) in [7, 11) is 0. The molecule has 0 atom stereocenters. The minimum Gasteiger partial charge on any atom is -0.350 e. The first-order chi connectivity index (χ1) is 13.9. The van der Waals surface area contributed by atoms with Crippen molar-refractivity contribution < 1.29 is 0 Å². The lowest BCUT2D eigenvalue weighted by molar-refractivity contribution is 0.712. The minimum absolute atomic E-state index is 0.681. The lowest BCUT2D eigenvalue weighted by Gasteiger charge is -2.30. The maximum absolute atomic E-state index is 5.00. The van der Waals surface area contributed by atoms with E-state index in [9.17, 15) is 0 Å². The molecule has 7 heteroatoms. The number of rotatable bonds is 2. The molecular formula is C21H16N6S. The van der Waals surface area contributed by atoms with E-state index in [1.165, 1.54) is 11.1 Å². The van der Waals surface area contributed by atoms with Crippen molar-refractivity contribution in [1.29, 1.82) is 0 Å². The molecule has 6 rings (SSSR count). The number of thiazole rings is 1. The van der Waals surface area contributed by atoms with Gasteiger partial charge in [-0.15, -0.1) is 26.6 Å². The Bertz CT molecular complexity index is 1310. The molecule has 1 aliphatic rings. The maximum atomic E-state index is 5.00. The number of hydrogen-bond donors (Lipinski definition) is 0. The zero-order chi connectivity index (χ0) is 18.5. The number of benzene rings is 2. The van der Waals surface area contributed by atoms with Gasteiger partial charge in [-0.2, -0.15) is 4.52 Å². The molecule has 0 spiro atoms. The van der Waals surface area contributed by atoms with Crippen LogP contribution in [-0.2, 0) is 13.0 Å². The maximum Gasteiger partial charge on any atom is 0.204 e. The molecule has 0 aliphatic carbocycles. The molecule has 3 aromatic heterocycles. The first-order valence-electron chi connectivity index (χ1n) is 9.23. The van der Waals surface area contributed by atoms with Crippen LogP contribution in [0.2, 0.25) is 0 Å². The summed E-state index contributed by atoms with van der Waals surface area (Å²) in [5.41, 5.74) is 6.16. The van der Waals surface area contributed by atoms with Crippen molar-refractivity contribution >= 4 is 33.6 Å². The Hall–Kier alpha value is -3.32. The smallest absolute Gasteiger partial charge is 0.204 e. The SMILES string of the molecule is c1ccc2c(c1)CCN(c1nn3c(-c4cscn4)nnc3c3ccccc13)C2. The van der Waals surface area contributed by atoms with E-state index in [2.05, 4.69) is 62.5 Å². The Morgan fingerprint density at radius 3 is 2.57 bits per heavy atom. The van der Waals surface area contributed by atoms with Gasteiger partial charge in [-0.05, 0) is 17.5 Å². The standard InChI is InChI=1S/C21H16N6S/c1-2-6-15-11-26(10-9-14(15)5-1)20-17-8-4-3-7-16(17)19-23-24-21(27(19)25-20)18-12-28-13-22-18/h1-8,12-13H,9-11H2. The molecule has 1 aliphatic heterocycles. The Morgan fingerprint density at radius 1 is 0.893 bits per heavy atom. The molecule has 0 unspecified atom stereocenters. The van der Waals surface area contributed by atoms with Crippen LogP contribution in [0.5, 0.6) is 0 Å². The van der Waals surface area contributed by atoms with Crippen molar-refractivity contribution in [2.45, 2.75) is 13.0 Å². The molecule has 5 aromatic rings. The van der Waals surface area contributed by atoms with E-state index < -0.39 is 0 Å². The molecule has 2 aromatic carbocycles. The van der Waals surface area contributed by atoms with Gasteiger partial charge in [0.1, 0.15) is 5.69 Å². The van der Waals surface area contributed by atoms with Gasteiger partial charge in [0.2, 0.25) is 5.82 Å². The van der Waals surface area contributed by atoms with Crippen LogP contribution in [0.15, 0.2) is 59.4 Å². The second-order valence-electron chi connectivity index (χ2n) is 6.94. The normalized spacial score (nSPS) is 13.9. The lowest BCUT2D eigenvalue weighted by atomic mass is 9.99. The van der Waals surface area contributed by atoms with Crippen molar-refractivity contribution in [3.8, 4) is 11.5 Å². The monoisotopic (exact) mass is 384 g/mol. The van der Waals surface area contributed by atoms with Crippen molar-refractivity contribution in [3.63, 3.8) is 0 Å². The highest BCUT2D eigenvalue weighted by Gasteiger charge is 2.22. The first kappa shape index (κ1) is 15.7. The quantitative estimate of drug-likeness (QED) is 0.461. The van der Waals surface area contributed by atoms with Crippen molar-refractivity contribution in [2.24, 2.45) is 0 Å². The second-order valence-corrected chi connectivity index (χ2v) is 7.66. The summed E-state index contributed by atoms with van der Waals surface area (Å²) in [4.78, 5) is 6.76. The molecule has 0 amide bonds. The third kappa shape index (κ3) is 2.33. The highest BCUT2D eigenvalue weighted by Crippen LogP contribution is 2.32. The average molecular weight is 384 g/mol. The largest absolute Gasteiger partial charge is 0.350 e. The number of aromatic nitrogens is 5. The van der Waals surface area contributed by atoms with Crippen LogP contribution in [-0.4, -0.2) is 31.3 Å². The van der Waals surface area contributed by atoms with Crippen LogP contribution < -0.4 is 4.90 Å². The van der Waals surface area contributed by atoms with E-state index in [0.29, 0.717) is 5.82 Å². The molecule has 0 saturated carbocycles. The predicted octanol–water partition coefficient (Wildman–Crippen LogP) is 3.96. The Morgan fingerprint density at radius 2 is 1.71 bits per heavy atom. The van der Waals surface area contributed by atoms with Gasteiger partial charge in [0.15, 0.2) is 11.5 Å². The van der Waals surface area contributed by atoms with E-state index in [1.54, 1.807) is 16.8 Å². The zero-order valence-electron chi connectivity index (χ0n) is 15.0. The van der Waals surface area contributed by atoms with Crippen LogP contribution in [0.1, 0.15) is 11.1 Å². The molecule has 136 valence electrons. The van der Waals surface area contributed by atoms with Crippen LogP contribution in [0.4, 0.5) is 5.82 Å². The van der Waals surface area contributed by atoms with Gasteiger partial charge >= 0.3 is 0 Å². The van der Waals surface area contributed by atoms with Crippen molar-refractivity contribution in [1.82, 2.24) is 24.8 Å². The summed E-state index contributed by atoms with van der Waals surface area (Å²) in [6.07, 6.45) is 1.02. The van der Waals surface area contributed by atoms with Crippen LogP contribution in [0, 0.1) is 0 Å². The molecule has 0 saturated heterocycles. The Kier molecular flexibility index (Phi) is 3.42. The second kappa shape index (κ2) is 6.10. The van der Waals surface area contributed by atoms with Gasteiger partial charge in [-0.3, -0.25) is 0 Å². The van der Waals surface area contributed by atoms with Crippen LogP contribution in [0.3, 0.4) is 0 Å². The van der Waals surface area contributed by atoms with E-state index in [1.807, 2.05) is 16.0 Å². The lowest BCUT2D eigenvalue weighted by Crippen LogP contribution is -2.31. The minimum atomic E-state index is 0.681. The van der Waals surface area contributed by atoms with E-state index in [-0.39, 0.29) is 0 Å². The molecule has 28 heavy (non-hydrogen) atoms.